The summed E-state index contributed by atoms with van der Waals surface area (Å²) in [7, 11) is 1.64. The number of carboxylic acids is 1. The zero-order valence-corrected chi connectivity index (χ0v) is 8.08. The minimum Gasteiger partial charge on any atom is -0.480 e. The summed E-state index contributed by atoms with van der Waals surface area (Å²) in [6.07, 6.45) is 1.30. The van der Waals surface area contributed by atoms with Crippen LogP contribution in [0.5, 0.6) is 0 Å². The molecule has 0 rings (SSSR count). The average Bonchev–Trinajstić information content (AvgIpc) is 2.03. The van der Waals surface area contributed by atoms with Gasteiger partial charge in [-0.25, -0.2) is 0 Å². The van der Waals surface area contributed by atoms with Crippen LogP contribution in [0.2, 0.25) is 0 Å². The molecular weight excluding hydrogens is 170 g/mol. The van der Waals surface area contributed by atoms with Crippen molar-refractivity contribution in [2.45, 2.75) is 25.8 Å². The largest absolute Gasteiger partial charge is 0.480 e. The van der Waals surface area contributed by atoms with Gasteiger partial charge in [-0.1, -0.05) is 0 Å². The van der Waals surface area contributed by atoms with Gasteiger partial charge in [0, 0.05) is 6.54 Å². The number of carboxylic acid groups (broad SMARTS) is 1. The highest BCUT2D eigenvalue weighted by Gasteiger charge is 2.12. The lowest BCUT2D eigenvalue weighted by atomic mass is 10.1. The Morgan fingerprint density at radius 3 is 2.69 bits per heavy atom. The van der Waals surface area contributed by atoms with Crippen LogP contribution in [-0.2, 0) is 4.79 Å². The van der Waals surface area contributed by atoms with Crippen LogP contribution >= 0.6 is 0 Å². The Morgan fingerprint density at radius 1 is 1.69 bits per heavy atom. The van der Waals surface area contributed by atoms with E-state index in [4.69, 9.17) is 10.8 Å². The molecule has 0 saturated carbocycles. The highest BCUT2D eigenvalue weighted by molar-refractivity contribution is 5.77. The first kappa shape index (κ1) is 11.9. The average molecular weight is 187 g/mol. The standard InChI is InChI=1S/C8H17N3O2/c1-6(9)11-5-3-4-7(10-2)8(12)13/h7,10H,3-5H2,1-2H3,(H2,9,11)(H,12,13)/t7-/m0/s1. The molecule has 5 nitrogen and oxygen atoms in total. The van der Waals surface area contributed by atoms with Gasteiger partial charge in [-0.05, 0) is 26.8 Å². The Labute approximate surface area is 78.0 Å². The minimum absolute atomic E-state index is 0.478. The lowest BCUT2D eigenvalue weighted by Gasteiger charge is -2.09. The van der Waals surface area contributed by atoms with Gasteiger partial charge in [0.25, 0.3) is 0 Å². The Balaban J connectivity index is 3.62. The summed E-state index contributed by atoms with van der Waals surface area (Å²) in [5.74, 6) is -0.285. The third-order valence-corrected chi connectivity index (χ3v) is 1.66. The highest BCUT2D eigenvalue weighted by Crippen LogP contribution is 1.97. The fourth-order valence-electron chi connectivity index (χ4n) is 0.942. The van der Waals surface area contributed by atoms with E-state index < -0.39 is 12.0 Å². The Hall–Kier alpha value is -1.10. The third kappa shape index (κ3) is 6.10. The van der Waals surface area contributed by atoms with Crippen LogP contribution in [-0.4, -0.2) is 36.5 Å². The van der Waals surface area contributed by atoms with Crippen LogP contribution in [0.15, 0.2) is 4.99 Å². The van der Waals surface area contributed by atoms with Crippen molar-refractivity contribution in [3.8, 4) is 0 Å². The molecule has 0 radical (unpaired) electrons. The van der Waals surface area contributed by atoms with Gasteiger partial charge in [-0.3, -0.25) is 9.79 Å². The lowest BCUT2D eigenvalue weighted by Crippen LogP contribution is -2.33. The number of carbonyl (C=O) groups is 1. The molecule has 0 unspecified atom stereocenters. The molecule has 0 saturated heterocycles. The lowest BCUT2D eigenvalue weighted by molar-refractivity contribution is -0.139. The number of nitrogens with two attached hydrogens (primary N) is 1. The quantitative estimate of drug-likeness (QED) is 0.306. The van der Waals surface area contributed by atoms with Crippen molar-refractivity contribution in [1.29, 1.82) is 0 Å². The number of nitrogens with one attached hydrogen (secondary N) is 1. The topological polar surface area (TPSA) is 87.7 Å². The number of amidine groups is 1. The van der Waals surface area contributed by atoms with Crippen molar-refractivity contribution in [2.24, 2.45) is 10.7 Å². The van der Waals surface area contributed by atoms with Gasteiger partial charge in [0.15, 0.2) is 0 Å². The van der Waals surface area contributed by atoms with Crippen molar-refractivity contribution in [3.63, 3.8) is 0 Å². The van der Waals surface area contributed by atoms with Crippen molar-refractivity contribution in [2.75, 3.05) is 13.6 Å². The van der Waals surface area contributed by atoms with Gasteiger partial charge in [0.2, 0.25) is 0 Å². The second kappa shape index (κ2) is 6.42. The monoisotopic (exact) mass is 187 g/mol. The second-order valence-corrected chi connectivity index (χ2v) is 2.84. The van der Waals surface area contributed by atoms with Crippen LogP contribution in [0.25, 0.3) is 0 Å². The summed E-state index contributed by atoms with van der Waals surface area (Å²) in [5.41, 5.74) is 5.32. The number of rotatable bonds is 6. The van der Waals surface area contributed by atoms with Crippen molar-refractivity contribution < 1.29 is 9.90 Å². The van der Waals surface area contributed by atoms with E-state index >= 15 is 0 Å². The van der Waals surface area contributed by atoms with E-state index in [0.29, 0.717) is 18.8 Å². The molecule has 0 fully saturated rings. The number of likely N-dealkylation sites (N-methyl/N-ethyl adjacent to an activating group) is 1. The van der Waals surface area contributed by atoms with Crippen LogP contribution < -0.4 is 11.1 Å². The highest BCUT2D eigenvalue weighted by atomic mass is 16.4. The molecule has 0 spiro atoms. The van der Waals surface area contributed by atoms with E-state index in [1.165, 1.54) is 0 Å². The first-order valence-corrected chi connectivity index (χ1v) is 4.24. The summed E-state index contributed by atoms with van der Waals surface area (Å²) in [6.45, 7) is 2.31. The molecule has 0 heterocycles. The summed E-state index contributed by atoms with van der Waals surface area (Å²) in [6, 6.07) is -0.478. The molecular formula is C8H17N3O2. The second-order valence-electron chi connectivity index (χ2n) is 2.84. The molecule has 76 valence electrons. The Kier molecular flexibility index (Phi) is 5.88. The zero-order valence-electron chi connectivity index (χ0n) is 8.08. The molecule has 0 aliphatic rings. The van der Waals surface area contributed by atoms with E-state index in [2.05, 4.69) is 10.3 Å². The normalized spacial score (nSPS) is 14.2. The SMILES string of the molecule is CN[C@@H](CCCN=C(C)N)C(=O)O. The molecule has 0 aromatic carbocycles. The van der Waals surface area contributed by atoms with Gasteiger partial charge >= 0.3 is 5.97 Å². The van der Waals surface area contributed by atoms with Crippen LogP contribution in [0.4, 0.5) is 0 Å². The summed E-state index contributed by atoms with van der Waals surface area (Å²) in [4.78, 5) is 14.5. The number of aliphatic imine (C=N–C) groups is 1. The summed E-state index contributed by atoms with van der Waals surface area (Å²) in [5, 5.41) is 11.4. The van der Waals surface area contributed by atoms with E-state index in [1.54, 1.807) is 14.0 Å². The maximum absolute atomic E-state index is 10.5. The smallest absolute Gasteiger partial charge is 0.320 e. The van der Waals surface area contributed by atoms with Gasteiger partial charge < -0.3 is 16.2 Å². The number of hydrogen-bond donors (Lipinski definition) is 3. The van der Waals surface area contributed by atoms with Gasteiger partial charge in [0.05, 0.1) is 5.84 Å². The molecule has 0 amide bonds. The van der Waals surface area contributed by atoms with Crippen LogP contribution in [0.1, 0.15) is 19.8 Å². The molecule has 5 heteroatoms. The Bertz CT molecular complexity index is 188. The first-order chi connectivity index (χ1) is 6.07. The van der Waals surface area contributed by atoms with Crippen LogP contribution in [0.3, 0.4) is 0 Å². The molecule has 0 aromatic heterocycles. The van der Waals surface area contributed by atoms with E-state index in [9.17, 15) is 4.79 Å². The predicted octanol–water partition coefficient (Wildman–Crippen LogP) is -0.184. The number of nitrogens with zero attached hydrogens (tertiary/aromatic N) is 1. The van der Waals surface area contributed by atoms with Gasteiger partial charge in [0.1, 0.15) is 6.04 Å². The molecule has 13 heavy (non-hydrogen) atoms. The zero-order chi connectivity index (χ0) is 10.3. The van der Waals surface area contributed by atoms with Crippen LogP contribution in [0, 0.1) is 0 Å². The van der Waals surface area contributed by atoms with Gasteiger partial charge in [-0.2, -0.15) is 0 Å². The fraction of sp³-hybridized carbons (Fsp3) is 0.750. The number of hydrogen-bond acceptors (Lipinski definition) is 3. The molecule has 0 aliphatic heterocycles. The third-order valence-electron chi connectivity index (χ3n) is 1.66. The maximum Gasteiger partial charge on any atom is 0.320 e. The summed E-state index contributed by atoms with van der Waals surface area (Å²) < 4.78 is 0. The first-order valence-electron chi connectivity index (χ1n) is 4.24. The van der Waals surface area contributed by atoms with E-state index in [1.807, 2.05) is 0 Å². The molecule has 4 N–H and O–H groups in total. The molecule has 1 atom stereocenters. The minimum atomic E-state index is -0.823. The molecule has 0 aliphatic carbocycles. The van der Waals surface area contributed by atoms with E-state index in [0.717, 1.165) is 6.42 Å². The summed E-state index contributed by atoms with van der Waals surface area (Å²) >= 11 is 0. The molecule has 0 bridgehead atoms. The van der Waals surface area contributed by atoms with Crippen molar-refractivity contribution in [1.82, 2.24) is 5.32 Å². The molecule has 0 aromatic rings. The van der Waals surface area contributed by atoms with Crippen molar-refractivity contribution in [3.05, 3.63) is 0 Å². The predicted molar refractivity (Wildman–Crippen MR) is 51.9 cm³/mol. The van der Waals surface area contributed by atoms with Gasteiger partial charge in [-0.15, -0.1) is 0 Å². The van der Waals surface area contributed by atoms with E-state index in [-0.39, 0.29) is 0 Å². The fourth-order valence-corrected chi connectivity index (χ4v) is 0.942. The van der Waals surface area contributed by atoms with Crippen molar-refractivity contribution >= 4 is 11.8 Å². The Morgan fingerprint density at radius 2 is 2.31 bits per heavy atom. The maximum atomic E-state index is 10.5. The number of aliphatic carboxylic acids is 1.